The molecule has 3 nitrogen and oxygen atoms in total. The summed E-state index contributed by atoms with van der Waals surface area (Å²) in [6, 6.07) is 0. The largest absolute Gasteiger partial charge is 0.368 e. The van der Waals surface area contributed by atoms with Gasteiger partial charge in [-0.3, -0.25) is 5.73 Å². The smallest absolute Gasteiger partial charge is 0.164 e. The zero-order valence-corrected chi connectivity index (χ0v) is 6.84. The molecule has 2 atom stereocenters. The lowest BCUT2D eigenvalue weighted by atomic mass is 10.3. The van der Waals surface area contributed by atoms with Gasteiger partial charge in [-0.1, -0.05) is 0 Å². The van der Waals surface area contributed by atoms with Crippen molar-refractivity contribution in [2.24, 2.45) is 5.73 Å². The number of likely N-dealkylation sites (N-methyl/N-ethyl adjacent to an activating group) is 1. The van der Waals surface area contributed by atoms with Crippen molar-refractivity contribution in [3.8, 4) is 0 Å². The van der Waals surface area contributed by atoms with Gasteiger partial charge in [-0.25, -0.2) is 0 Å². The molecule has 2 N–H and O–H groups in total. The molecule has 0 aromatic heterocycles. The van der Waals surface area contributed by atoms with Gasteiger partial charge in [0, 0.05) is 0 Å². The van der Waals surface area contributed by atoms with Gasteiger partial charge in [0.1, 0.15) is 13.2 Å². The van der Waals surface area contributed by atoms with Crippen molar-refractivity contribution < 1.29 is 9.22 Å². The summed E-state index contributed by atoms with van der Waals surface area (Å²) >= 11 is 0. The van der Waals surface area contributed by atoms with Gasteiger partial charge in [0.15, 0.2) is 6.17 Å². The number of nitrogens with two attached hydrogens (primary N) is 1. The first-order chi connectivity index (χ1) is 4.69. The Kier molecular flexibility index (Phi) is 2.28. The Hall–Kier alpha value is -0.120. The van der Waals surface area contributed by atoms with Crippen LogP contribution < -0.4 is 5.73 Å². The van der Waals surface area contributed by atoms with Crippen molar-refractivity contribution >= 4 is 0 Å². The minimum absolute atomic E-state index is 0.179. The molecule has 1 rings (SSSR count). The number of morpholine rings is 1. The highest BCUT2D eigenvalue weighted by Crippen LogP contribution is 2.10. The van der Waals surface area contributed by atoms with Crippen molar-refractivity contribution in [3.05, 3.63) is 0 Å². The van der Waals surface area contributed by atoms with E-state index in [1.807, 2.05) is 0 Å². The monoisotopic (exact) mass is 145 g/mol. The number of nitrogens with zero attached hydrogens (tertiary/aromatic N) is 1. The average molecular weight is 145 g/mol. The number of rotatable bonds is 1. The lowest BCUT2D eigenvalue weighted by Crippen LogP contribution is -2.62. The zero-order valence-electron chi connectivity index (χ0n) is 6.84. The van der Waals surface area contributed by atoms with Crippen LogP contribution in [0, 0.1) is 0 Å². The first kappa shape index (κ1) is 7.98. The second-order valence-electron chi connectivity index (χ2n) is 3.16. The predicted octanol–water partition coefficient (Wildman–Crippen LogP) is -0.232. The van der Waals surface area contributed by atoms with E-state index in [1.54, 1.807) is 0 Å². The van der Waals surface area contributed by atoms with Crippen LogP contribution in [0.15, 0.2) is 0 Å². The first-order valence-electron chi connectivity index (χ1n) is 3.86. The summed E-state index contributed by atoms with van der Waals surface area (Å²) in [5, 5.41) is 0. The Labute approximate surface area is 62.3 Å². The summed E-state index contributed by atoms with van der Waals surface area (Å²) in [7, 11) is 2.19. The maximum atomic E-state index is 5.87. The summed E-state index contributed by atoms with van der Waals surface area (Å²) < 4.78 is 6.20. The summed E-state index contributed by atoms with van der Waals surface area (Å²) in [5.74, 6) is 0. The SMILES string of the molecule is CC[N+]1(C)CCOCC1N. The third kappa shape index (κ3) is 1.31. The Bertz CT molecular complexity index is 118. The molecular weight excluding hydrogens is 128 g/mol. The van der Waals surface area contributed by atoms with E-state index in [4.69, 9.17) is 10.5 Å². The summed E-state index contributed by atoms with van der Waals surface area (Å²) in [5.41, 5.74) is 5.87. The summed E-state index contributed by atoms with van der Waals surface area (Å²) in [6.45, 7) is 5.90. The van der Waals surface area contributed by atoms with Gasteiger partial charge in [-0.15, -0.1) is 0 Å². The quantitative estimate of drug-likeness (QED) is 0.517. The zero-order chi connectivity index (χ0) is 7.61. The van der Waals surface area contributed by atoms with E-state index in [2.05, 4.69) is 14.0 Å². The predicted molar refractivity (Wildman–Crippen MR) is 40.4 cm³/mol. The standard InChI is InChI=1S/C7H17N2O/c1-3-9(2)4-5-10-6-7(9)8/h7H,3-6,8H2,1-2H3/q+1. The molecule has 1 heterocycles. The third-order valence-corrected chi connectivity index (χ3v) is 2.56. The highest BCUT2D eigenvalue weighted by molar-refractivity contribution is 4.53. The molecule has 0 aliphatic carbocycles. The Morgan fingerprint density at radius 2 is 2.40 bits per heavy atom. The van der Waals surface area contributed by atoms with Gasteiger partial charge in [-0.2, -0.15) is 0 Å². The molecular formula is C7H17N2O+. The van der Waals surface area contributed by atoms with Crippen LogP contribution in [0.2, 0.25) is 0 Å². The van der Waals surface area contributed by atoms with E-state index in [9.17, 15) is 0 Å². The molecule has 60 valence electrons. The van der Waals surface area contributed by atoms with Crippen LogP contribution in [0.25, 0.3) is 0 Å². The second kappa shape index (κ2) is 2.86. The van der Waals surface area contributed by atoms with Gasteiger partial charge in [0.25, 0.3) is 0 Å². The fourth-order valence-corrected chi connectivity index (χ4v) is 1.22. The summed E-state index contributed by atoms with van der Waals surface area (Å²) in [4.78, 5) is 0. The topological polar surface area (TPSA) is 35.2 Å². The maximum Gasteiger partial charge on any atom is 0.164 e. The fraction of sp³-hybridized carbons (Fsp3) is 1.00. The number of hydrogen-bond acceptors (Lipinski definition) is 2. The third-order valence-electron chi connectivity index (χ3n) is 2.56. The highest BCUT2D eigenvalue weighted by atomic mass is 16.5. The Morgan fingerprint density at radius 1 is 1.70 bits per heavy atom. The van der Waals surface area contributed by atoms with E-state index in [0.717, 1.165) is 24.2 Å². The van der Waals surface area contributed by atoms with Gasteiger partial charge < -0.3 is 9.22 Å². The molecule has 0 aromatic rings. The van der Waals surface area contributed by atoms with Gasteiger partial charge >= 0.3 is 0 Å². The van der Waals surface area contributed by atoms with Crippen molar-refractivity contribution in [2.75, 3.05) is 33.4 Å². The summed E-state index contributed by atoms with van der Waals surface area (Å²) in [6.07, 6.45) is 0.179. The molecule has 3 heteroatoms. The molecule has 1 fully saturated rings. The highest BCUT2D eigenvalue weighted by Gasteiger charge is 2.31. The number of hydrogen-bond donors (Lipinski definition) is 1. The average Bonchev–Trinajstić information content (AvgIpc) is 1.96. The molecule has 1 aliphatic rings. The van der Waals surface area contributed by atoms with Crippen molar-refractivity contribution in [1.82, 2.24) is 0 Å². The Balaban J connectivity index is 2.54. The Morgan fingerprint density at radius 3 is 2.80 bits per heavy atom. The molecule has 0 saturated carbocycles. The molecule has 0 bridgehead atoms. The van der Waals surface area contributed by atoms with E-state index in [-0.39, 0.29) is 6.17 Å². The maximum absolute atomic E-state index is 5.87. The molecule has 0 aromatic carbocycles. The van der Waals surface area contributed by atoms with Gasteiger partial charge in [0.2, 0.25) is 0 Å². The van der Waals surface area contributed by atoms with Crippen LogP contribution >= 0.6 is 0 Å². The molecule has 0 radical (unpaired) electrons. The molecule has 1 aliphatic heterocycles. The minimum atomic E-state index is 0.179. The van der Waals surface area contributed by atoms with Crippen LogP contribution in [0.4, 0.5) is 0 Å². The van der Waals surface area contributed by atoms with Crippen LogP contribution in [-0.4, -0.2) is 44.0 Å². The number of quaternary nitrogens is 1. The van der Waals surface area contributed by atoms with Gasteiger partial charge in [-0.05, 0) is 6.92 Å². The first-order valence-corrected chi connectivity index (χ1v) is 3.86. The molecule has 0 amide bonds. The lowest BCUT2D eigenvalue weighted by Gasteiger charge is -2.41. The minimum Gasteiger partial charge on any atom is -0.368 e. The molecule has 2 unspecified atom stereocenters. The molecule has 10 heavy (non-hydrogen) atoms. The molecule has 0 spiro atoms. The number of ether oxygens (including phenoxy) is 1. The van der Waals surface area contributed by atoms with Crippen molar-refractivity contribution in [3.63, 3.8) is 0 Å². The van der Waals surface area contributed by atoms with Gasteiger partial charge in [0.05, 0.1) is 20.2 Å². The second-order valence-corrected chi connectivity index (χ2v) is 3.16. The van der Waals surface area contributed by atoms with E-state index >= 15 is 0 Å². The van der Waals surface area contributed by atoms with E-state index < -0.39 is 0 Å². The molecule has 1 saturated heterocycles. The van der Waals surface area contributed by atoms with Crippen LogP contribution in [-0.2, 0) is 4.74 Å². The van der Waals surface area contributed by atoms with E-state index in [1.165, 1.54) is 0 Å². The fourth-order valence-electron chi connectivity index (χ4n) is 1.22. The van der Waals surface area contributed by atoms with Crippen LogP contribution in [0.5, 0.6) is 0 Å². The van der Waals surface area contributed by atoms with Crippen molar-refractivity contribution in [1.29, 1.82) is 0 Å². The van der Waals surface area contributed by atoms with Crippen molar-refractivity contribution in [2.45, 2.75) is 13.1 Å². The van der Waals surface area contributed by atoms with Crippen LogP contribution in [0.1, 0.15) is 6.92 Å². The normalized spacial score (nSPS) is 41.7. The lowest BCUT2D eigenvalue weighted by molar-refractivity contribution is -0.939. The van der Waals surface area contributed by atoms with Crippen LogP contribution in [0.3, 0.4) is 0 Å². The van der Waals surface area contributed by atoms with E-state index in [0.29, 0.717) is 6.61 Å².